The van der Waals surface area contributed by atoms with Gasteiger partial charge in [0.2, 0.25) is 0 Å². The molecule has 1 N–H and O–H groups in total. The van der Waals surface area contributed by atoms with Crippen molar-refractivity contribution in [3.05, 3.63) is 0 Å². The normalized spacial score (nSPS) is 34.1. The number of nitrogens with one attached hydrogen (secondary N) is 1. The lowest BCUT2D eigenvalue weighted by Crippen LogP contribution is -2.50. The van der Waals surface area contributed by atoms with E-state index in [9.17, 15) is 0 Å². The zero-order valence-corrected chi connectivity index (χ0v) is 10.7. The Morgan fingerprint density at radius 2 is 2.00 bits per heavy atom. The predicted molar refractivity (Wildman–Crippen MR) is 66.7 cm³/mol. The van der Waals surface area contributed by atoms with Gasteiger partial charge in [-0.1, -0.05) is 6.92 Å². The van der Waals surface area contributed by atoms with Crippen LogP contribution in [0.4, 0.5) is 0 Å². The van der Waals surface area contributed by atoms with Gasteiger partial charge in [-0.2, -0.15) is 0 Å². The van der Waals surface area contributed by atoms with Crippen molar-refractivity contribution in [2.24, 2.45) is 5.92 Å². The molecule has 3 heteroatoms. The van der Waals surface area contributed by atoms with Crippen LogP contribution in [-0.2, 0) is 4.74 Å². The van der Waals surface area contributed by atoms with E-state index in [1.165, 1.54) is 51.9 Å². The second-order valence-corrected chi connectivity index (χ2v) is 5.42. The van der Waals surface area contributed by atoms with Gasteiger partial charge >= 0.3 is 0 Å². The summed E-state index contributed by atoms with van der Waals surface area (Å²) in [7, 11) is 1.84. The minimum atomic E-state index is 0.507. The number of likely N-dealkylation sites (tertiary alicyclic amines) is 1. The maximum absolute atomic E-state index is 5.41. The zero-order valence-electron chi connectivity index (χ0n) is 10.7. The van der Waals surface area contributed by atoms with Crippen LogP contribution in [0, 0.1) is 5.92 Å². The summed E-state index contributed by atoms with van der Waals surface area (Å²) in [6.07, 6.45) is 5.66. The van der Waals surface area contributed by atoms with Crippen LogP contribution >= 0.6 is 0 Å². The van der Waals surface area contributed by atoms with Gasteiger partial charge in [0, 0.05) is 32.8 Å². The molecule has 0 aromatic heterocycles. The number of ether oxygens (including phenoxy) is 1. The molecule has 0 radical (unpaired) electrons. The lowest BCUT2D eigenvalue weighted by Gasteiger charge is -2.37. The molecule has 0 bridgehead atoms. The minimum Gasteiger partial charge on any atom is -0.381 e. The smallest absolute Gasteiger partial charge is 0.0595 e. The molecule has 2 heterocycles. The summed E-state index contributed by atoms with van der Waals surface area (Å²) < 4.78 is 5.41. The van der Waals surface area contributed by atoms with Gasteiger partial charge in [0.1, 0.15) is 0 Å². The molecule has 2 rings (SSSR count). The fraction of sp³-hybridized carbons (Fsp3) is 1.00. The molecule has 3 nitrogen and oxygen atoms in total. The van der Waals surface area contributed by atoms with E-state index in [-0.39, 0.29) is 0 Å². The van der Waals surface area contributed by atoms with Gasteiger partial charge in [0.25, 0.3) is 0 Å². The van der Waals surface area contributed by atoms with E-state index in [1.54, 1.807) is 0 Å². The highest BCUT2D eigenvalue weighted by atomic mass is 16.5. The van der Waals surface area contributed by atoms with Gasteiger partial charge < -0.3 is 15.0 Å². The molecule has 0 spiro atoms. The summed E-state index contributed by atoms with van der Waals surface area (Å²) >= 11 is 0. The first-order valence-electron chi connectivity index (χ1n) is 6.78. The van der Waals surface area contributed by atoms with E-state index in [0.29, 0.717) is 12.1 Å². The molecule has 0 aromatic rings. The Labute approximate surface area is 99.5 Å². The van der Waals surface area contributed by atoms with E-state index in [2.05, 4.69) is 17.1 Å². The maximum atomic E-state index is 5.41. The first-order chi connectivity index (χ1) is 7.79. The Bertz CT molecular complexity index is 202. The summed E-state index contributed by atoms with van der Waals surface area (Å²) in [5.41, 5.74) is 0. The summed E-state index contributed by atoms with van der Waals surface area (Å²) in [6, 6.07) is 0.716. The van der Waals surface area contributed by atoms with Gasteiger partial charge in [-0.25, -0.2) is 0 Å². The zero-order chi connectivity index (χ0) is 11.4. The molecule has 16 heavy (non-hydrogen) atoms. The van der Waals surface area contributed by atoms with Crippen molar-refractivity contribution in [3.8, 4) is 0 Å². The van der Waals surface area contributed by atoms with Crippen molar-refractivity contribution >= 4 is 0 Å². The second-order valence-electron chi connectivity index (χ2n) is 5.42. The molecule has 2 aliphatic heterocycles. The van der Waals surface area contributed by atoms with Crippen molar-refractivity contribution in [1.82, 2.24) is 10.2 Å². The molecule has 2 atom stereocenters. The Balaban J connectivity index is 1.73. The number of nitrogens with zero attached hydrogens (tertiary/aromatic N) is 1. The Morgan fingerprint density at radius 3 is 2.62 bits per heavy atom. The van der Waals surface area contributed by atoms with Crippen LogP contribution in [0.25, 0.3) is 0 Å². The molecule has 0 aromatic carbocycles. The van der Waals surface area contributed by atoms with E-state index >= 15 is 0 Å². The van der Waals surface area contributed by atoms with Gasteiger partial charge in [0.05, 0.1) is 6.10 Å². The van der Waals surface area contributed by atoms with Crippen LogP contribution in [0.1, 0.15) is 32.6 Å². The molecular formula is C13H26N2O. The van der Waals surface area contributed by atoms with Crippen molar-refractivity contribution in [3.63, 3.8) is 0 Å². The number of rotatable bonds is 3. The van der Waals surface area contributed by atoms with Crippen LogP contribution in [0.15, 0.2) is 0 Å². The topological polar surface area (TPSA) is 24.5 Å². The number of hydrogen-bond donors (Lipinski definition) is 1. The lowest BCUT2D eigenvalue weighted by atomic mass is 9.92. The van der Waals surface area contributed by atoms with Gasteiger partial charge in [-0.3, -0.25) is 0 Å². The molecule has 2 unspecified atom stereocenters. The highest BCUT2D eigenvalue weighted by Gasteiger charge is 2.25. The summed E-state index contributed by atoms with van der Waals surface area (Å²) in [6.45, 7) is 7.26. The van der Waals surface area contributed by atoms with E-state index < -0.39 is 0 Å². The van der Waals surface area contributed by atoms with Crippen LogP contribution in [0.5, 0.6) is 0 Å². The molecule has 2 fully saturated rings. The van der Waals surface area contributed by atoms with E-state index in [4.69, 9.17) is 4.74 Å². The average Bonchev–Trinajstić information content (AvgIpc) is 2.33. The summed E-state index contributed by atoms with van der Waals surface area (Å²) in [5, 5.41) is 3.67. The lowest BCUT2D eigenvalue weighted by molar-refractivity contribution is 0.0352. The molecule has 0 aliphatic carbocycles. The molecule has 2 saturated heterocycles. The van der Waals surface area contributed by atoms with Crippen LogP contribution in [0.2, 0.25) is 0 Å². The number of methoxy groups -OCH3 is 1. The number of hydrogen-bond acceptors (Lipinski definition) is 3. The highest BCUT2D eigenvalue weighted by Crippen LogP contribution is 2.19. The third kappa shape index (κ3) is 3.19. The second kappa shape index (κ2) is 5.99. The average molecular weight is 226 g/mol. The van der Waals surface area contributed by atoms with Gasteiger partial charge in [-0.05, 0) is 38.1 Å². The van der Waals surface area contributed by atoms with Crippen molar-refractivity contribution in [2.75, 3.05) is 33.3 Å². The van der Waals surface area contributed by atoms with Crippen molar-refractivity contribution < 1.29 is 4.74 Å². The molecular weight excluding hydrogens is 200 g/mol. The Morgan fingerprint density at radius 1 is 1.25 bits per heavy atom. The molecule has 94 valence electrons. The van der Waals surface area contributed by atoms with E-state index in [0.717, 1.165) is 5.92 Å². The SMILES string of the molecule is COC1CCN(CC2NCCCC2C)CC1. The quantitative estimate of drug-likeness (QED) is 0.789. The largest absolute Gasteiger partial charge is 0.381 e. The first kappa shape index (κ1) is 12.3. The first-order valence-corrected chi connectivity index (χ1v) is 6.78. The van der Waals surface area contributed by atoms with Crippen LogP contribution < -0.4 is 5.32 Å². The van der Waals surface area contributed by atoms with Crippen molar-refractivity contribution in [2.45, 2.75) is 44.8 Å². The Hall–Kier alpha value is -0.120. The predicted octanol–water partition coefficient (Wildman–Crippen LogP) is 1.49. The van der Waals surface area contributed by atoms with Crippen molar-refractivity contribution in [1.29, 1.82) is 0 Å². The minimum absolute atomic E-state index is 0.507. The van der Waals surface area contributed by atoms with Crippen LogP contribution in [0.3, 0.4) is 0 Å². The fourth-order valence-electron chi connectivity index (χ4n) is 2.96. The summed E-state index contributed by atoms with van der Waals surface area (Å²) in [4.78, 5) is 2.61. The Kier molecular flexibility index (Phi) is 4.62. The highest BCUT2D eigenvalue weighted by molar-refractivity contribution is 4.83. The third-order valence-electron chi connectivity index (χ3n) is 4.25. The van der Waals surface area contributed by atoms with E-state index in [1.807, 2.05) is 7.11 Å². The van der Waals surface area contributed by atoms with Crippen LogP contribution in [-0.4, -0.2) is 50.3 Å². The number of piperidine rings is 2. The summed E-state index contributed by atoms with van der Waals surface area (Å²) in [5.74, 6) is 0.842. The maximum Gasteiger partial charge on any atom is 0.0595 e. The third-order valence-corrected chi connectivity index (χ3v) is 4.25. The standard InChI is InChI=1S/C13H26N2O/c1-11-4-3-7-14-13(11)10-15-8-5-12(16-2)6-9-15/h11-14H,3-10H2,1-2H3. The molecule has 0 saturated carbocycles. The monoisotopic (exact) mass is 226 g/mol. The van der Waals surface area contributed by atoms with Gasteiger partial charge in [-0.15, -0.1) is 0 Å². The molecule has 0 amide bonds. The fourth-order valence-corrected chi connectivity index (χ4v) is 2.96. The van der Waals surface area contributed by atoms with Gasteiger partial charge in [0.15, 0.2) is 0 Å². The molecule has 2 aliphatic rings.